The van der Waals surface area contributed by atoms with Crippen LogP contribution in [-0.2, 0) is 11.0 Å². The molecule has 1 N–H and O–H groups in total. The third kappa shape index (κ3) is 6.79. The topological polar surface area (TPSA) is 105 Å². The highest BCUT2D eigenvalue weighted by molar-refractivity contribution is 6.39. The fraction of sp³-hybridized carbons (Fsp3) is 0.593. The first-order valence-electron chi connectivity index (χ1n) is 13.4. The number of aryl methyl sites for hydroxylation is 1. The molecule has 2 heterocycles. The molecule has 2 fully saturated rings. The Kier molecular flexibility index (Phi) is 9.44. The number of nitrogens with zero attached hydrogens (tertiary/aromatic N) is 4. The molecule has 0 bridgehead atoms. The Labute approximate surface area is 239 Å². The van der Waals surface area contributed by atoms with Crippen LogP contribution < -0.4 is 0 Å². The minimum absolute atomic E-state index is 0.0308. The molecule has 0 unspecified atom stereocenters. The van der Waals surface area contributed by atoms with E-state index in [1.54, 1.807) is 6.92 Å². The Morgan fingerprint density at radius 2 is 1.73 bits per heavy atom. The van der Waals surface area contributed by atoms with Gasteiger partial charge in [0, 0.05) is 12.2 Å². The van der Waals surface area contributed by atoms with Crippen LogP contribution in [0, 0.1) is 18.8 Å². The summed E-state index contributed by atoms with van der Waals surface area (Å²) in [7, 11) is 0. The molecule has 0 aromatic carbocycles. The van der Waals surface area contributed by atoms with Gasteiger partial charge in [-0.2, -0.15) is 18.3 Å². The number of carboxylic acid groups (broad SMARTS) is 1. The number of aromatic nitrogens is 3. The summed E-state index contributed by atoms with van der Waals surface area (Å²) < 4.78 is 44.1. The minimum Gasteiger partial charge on any atom is -0.481 e. The summed E-state index contributed by atoms with van der Waals surface area (Å²) in [5.41, 5.74) is -1.43. The van der Waals surface area contributed by atoms with Crippen molar-refractivity contribution >= 4 is 40.9 Å². The SMILES string of the molecule is Cc1cc(Cl)c(C(=O)CN(CC2CCCCC2)C(=O)c2cnn([C@H]3CC[C@@H](C(=O)O)CC3)c2C(F)(F)F)c(Cl)n1. The fourth-order valence-electron chi connectivity index (χ4n) is 5.81. The van der Waals surface area contributed by atoms with Crippen LogP contribution in [0.5, 0.6) is 0 Å². The smallest absolute Gasteiger partial charge is 0.433 e. The molecule has 2 saturated carbocycles. The summed E-state index contributed by atoms with van der Waals surface area (Å²) in [6, 6.07) is 0.761. The maximum Gasteiger partial charge on any atom is 0.433 e. The Bertz CT molecular complexity index is 1250. The number of rotatable bonds is 8. The monoisotopic (exact) mass is 602 g/mol. The van der Waals surface area contributed by atoms with E-state index < -0.39 is 53.6 Å². The van der Waals surface area contributed by atoms with Gasteiger partial charge in [-0.1, -0.05) is 42.5 Å². The van der Waals surface area contributed by atoms with E-state index in [9.17, 15) is 32.7 Å². The predicted molar refractivity (Wildman–Crippen MR) is 142 cm³/mol. The summed E-state index contributed by atoms with van der Waals surface area (Å²) in [5.74, 6) is -3.14. The quantitative estimate of drug-likeness (QED) is 0.268. The van der Waals surface area contributed by atoms with Gasteiger partial charge in [-0.25, -0.2) is 4.98 Å². The van der Waals surface area contributed by atoms with Crippen molar-refractivity contribution in [3.8, 4) is 0 Å². The molecule has 0 atom stereocenters. The zero-order valence-corrected chi connectivity index (χ0v) is 23.5. The van der Waals surface area contributed by atoms with Crippen LogP contribution in [0.1, 0.15) is 95.9 Å². The second-order valence-electron chi connectivity index (χ2n) is 10.7. The number of amides is 1. The summed E-state index contributed by atoms with van der Waals surface area (Å²) in [6.45, 7) is 1.23. The van der Waals surface area contributed by atoms with E-state index in [1.165, 1.54) is 6.07 Å². The van der Waals surface area contributed by atoms with E-state index in [1.807, 2.05) is 0 Å². The van der Waals surface area contributed by atoms with Crippen molar-refractivity contribution in [2.75, 3.05) is 13.1 Å². The van der Waals surface area contributed by atoms with Gasteiger partial charge in [0.15, 0.2) is 11.5 Å². The van der Waals surface area contributed by atoms with E-state index >= 15 is 0 Å². The van der Waals surface area contributed by atoms with Crippen molar-refractivity contribution in [3.05, 3.63) is 45.0 Å². The molecule has 8 nitrogen and oxygen atoms in total. The first-order valence-corrected chi connectivity index (χ1v) is 14.1. The van der Waals surface area contributed by atoms with Gasteiger partial charge in [-0.3, -0.25) is 19.1 Å². The lowest BCUT2D eigenvalue weighted by atomic mass is 9.86. The van der Waals surface area contributed by atoms with Crippen molar-refractivity contribution in [2.45, 2.75) is 76.9 Å². The van der Waals surface area contributed by atoms with Gasteiger partial charge in [0.1, 0.15) is 5.15 Å². The summed E-state index contributed by atoms with van der Waals surface area (Å²) in [4.78, 5) is 43.6. The average Bonchev–Trinajstić information content (AvgIpc) is 3.34. The van der Waals surface area contributed by atoms with Crippen LogP contribution in [-0.4, -0.2) is 55.5 Å². The number of aliphatic carboxylic acids is 1. The molecule has 0 spiro atoms. The molecule has 1 amide bonds. The van der Waals surface area contributed by atoms with Crippen LogP contribution >= 0.6 is 23.2 Å². The number of carbonyl (C=O) groups excluding carboxylic acids is 2. The van der Waals surface area contributed by atoms with Crippen LogP contribution in [0.25, 0.3) is 0 Å². The molecular weight excluding hydrogens is 572 g/mol. The fourth-order valence-corrected chi connectivity index (χ4v) is 6.56. The molecule has 0 aliphatic heterocycles. The average molecular weight is 603 g/mol. The van der Waals surface area contributed by atoms with E-state index in [4.69, 9.17) is 23.2 Å². The van der Waals surface area contributed by atoms with E-state index in [2.05, 4.69) is 10.1 Å². The highest BCUT2D eigenvalue weighted by Crippen LogP contribution is 2.39. The maximum atomic E-state index is 14.4. The van der Waals surface area contributed by atoms with Crippen molar-refractivity contribution in [2.24, 2.45) is 11.8 Å². The highest BCUT2D eigenvalue weighted by Gasteiger charge is 2.43. The molecule has 4 rings (SSSR count). The van der Waals surface area contributed by atoms with E-state index in [0.717, 1.165) is 47.9 Å². The second kappa shape index (κ2) is 12.5. The zero-order chi connectivity index (χ0) is 29.2. The molecule has 218 valence electrons. The predicted octanol–water partition coefficient (Wildman–Crippen LogP) is 6.63. The van der Waals surface area contributed by atoms with Gasteiger partial charge >= 0.3 is 12.1 Å². The van der Waals surface area contributed by atoms with Crippen molar-refractivity contribution in [1.82, 2.24) is 19.7 Å². The first kappa shape index (κ1) is 30.3. The lowest BCUT2D eigenvalue weighted by Gasteiger charge is -2.30. The molecule has 13 heteroatoms. The second-order valence-corrected chi connectivity index (χ2v) is 11.5. The van der Waals surface area contributed by atoms with E-state index in [0.29, 0.717) is 5.69 Å². The van der Waals surface area contributed by atoms with Gasteiger partial charge in [-0.15, -0.1) is 0 Å². The van der Waals surface area contributed by atoms with Gasteiger partial charge in [-0.05, 0) is 57.4 Å². The number of hydrogen-bond donors (Lipinski definition) is 1. The Hall–Kier alpha value is -2.66. The molecule has 2 aromatic rings. The number of hydrogen-bond acceptors (Lipinski definition) is 5. The van der Waals surface area contributed by atoms with Crippen LogP contribution in [0.15, 0.2) is 12.3 Å². The largest absolute Gasteiger partial charge is 0.481 e. The maximum absolute atomic E-state index is 14.4. The Morgan fingerprint density at radius 3 is 2.30 bits per heavy atom. The van der Waals surface area contributed by atoms with E-state index in [-0.39, 0.29) is 53.9 Å². The van der Waals surface area contributed by atoms with Crippen LogP contribution in [0.3, 0.4) is 0 Å². The third-order valence-corrected chi connectivity index (χ3v) is 8.42. The first-order chi connectivity index (χ1) is 18.9. The molecule has 2 aromatic heterocycles. The zero-order valence-electron chi connectivity index (χ0n) is 22.0. The van der Waals surface area contributed by atoms with Gasteiger partial charge < -0.3 is 10.0 Å². The lowest BCUT2D eigenvalue weighted by Crippen LogP contribution is -2.40. The van der Waals surface area contributed by atoms with Crippen molar-refractivity contribution < 1.29 is 32.7 Å². The van der Waals surface area contributed by atoms with Crippen molar-refractivity contribution in [1.29, 1.82) is 0 Å². The van der Waals surface area contributed by atoms with Gasteiger partial charge in [0.05, 0.1) is 40.9 Å². The number of carboxylic acids is 1. The number of pyridine rings is 1. The Balaban J connectivity index is 1.66. The number of Topliss-reactive ketones (excluding diaryl/α,β-unsaturated/α-hetero) is 1. The molecular formula is C27H31Cl2F3N4O4. The summed E-state index contributed by atoms with van der Waals surface area (Å²) in [5, 5.41) is 13.1. The third-order valence-electron chi connectivity index (χ3n) is 7.85. The summed E-state index contributed by atoms with van der Waals surface area (Å²) in [6.07, 6.45) is 1.32. The molecule has 2 aliphatic rings. The number of ketones is 1. The minimum atomic E-state index is -4.90. The summed E-state index contributed by atoms with van der Waals surface area (Å²) >= 11 is 12.4. The van der Waals surface area contributed by atoms with Crippen LogP contribution in [0.4, 0.5) is 13.2 Å². The standard InChI is InChI=1S/C27H31Cl2F3N4O4/c1-15-11-20(28)22(24(29)34-15)21(37)14-35(13-16-5-3-2-4-6-16)25(38)19-12-33-36(23(19)27(30,31)32)18-9-7-17(8-10-18)26(39)40/h11-12,16-18H,2-10,13-14H2,1H3,(H,39,40)/t17-,18+. The van der Waals surface area contributed by atoms with Crippen molar-refractivity contribution in [3.63, 3.8) is 0 Å². The number of halogens is 5. The highest BCUT2D eigenvalue weighted by atomic mass is 35.5. The lowest BCUT2D eigenvalue weighted by molar-refractivity contribution is -0.147. The van der Waals surface area contributed by atoms with Gasteiger partial charge in [0.2, 0.25) is 0 Å². The Morgan fingerprint density at radius 1 is 1.07 bits per heavy atom. The molecule has 2 aliphatic carbocycles. The van der Waals surface area contributed by atoms with Gasteiger partial charge in [0.25, 0.3) is 5.91 Å². The number of alkyl halides is 3. The normalized spacial score (nSPS) is 20.4. The number of carbonyl (C=O) groups is 3. The molecule has 0 radical (unpaired) electrons. The molecule has 0 saturated heterocycles. The van der Waals surface area contributed by atoms with Crippen LogP contribution in [0.2, 0.25) is 10.2 Å². The molecule has 40 heavy (non-hydrogen) atoms.